The monoisotopic (exact) mass is 233 g/mol. The molecule has 0 aliphatic heterocycles. The lowest BCUT2D eigenvalue weighted by atomic mass is 9.87. The fourth-order valence-corrected chi connectivity index (χ4v) is 3.03. The van der Waals surface area contributed by atoms with E-state index in [0.717, 1.165) is 0 Å². The molecule has 0 saturated heterocycles. The number of nitrogens with two attached hydrogens (primary N) is 1. The van der Waals surface area contributed by atoms with Crippen molar-refractivity contribution in [2.24, 2.45) is 12.8 Å². The van der Waals surface area contributed by atoms with E-state index in [0.29, 0.717) is 0 Å². The first-order valence-electron chi connectivity index (χ1n) is 6.62. The number of rotatable bonds is 2. The first kappa shape index (κ1) is 11.3. The van der Waals surface area contributed by atoms with Crippen molar-refractivity contribution >= 4 is 0 Å². The summed E-state index contributed by atoms with van der Waals surface area (Å²) >= 11 is 0. The molecule has 0 atom stereocenters. The minimum Gasteiger partial charge on any atom is -0.324 e. The van der Waals surface area contributed by atoms with Gasteiger partial charge >= 0.3 is 0 Å². The molecule has 0 aromatic carbocycles. The van der Waals surface area contributed by atoms with E-state index in [2.05, 4.69) is 38.6 Å². The average Bonchev–Trinajstić information content (AvgIpc) is 3.09. The van der Waals surface area contributed by atoms with Gasteiger partial charge in [0.05, 0.1) is 5.69 Å². The molecule has 3 heteroatoms. The Balaban J connectivity index is 2.02. The van der Waals surface area contributed by atoms with Crippen molar-refractivity contribution in [2.45, 2.75) is 62.8 Å². The molecule has 0 unspecified atom stereocenters. The Hall–Kier alpha value is -0.830. The van der Waals surface area contributed by atoms with Crippen molar-refractivity contribution in [2.75, 3.05) is 0 Å². The molecule has 2 N–H and O–H groups in total. The van der Waals surface area contributed by atoms with Gasteiger partial charge in [-0.2, -0.15) is 5.10 Å². The van der Waals surface area contributed by atoms with Crippen LogP contribution in [0.25, 0.3) is 0 Å². The average molecular weight is 233 g/mol. The third-order valence-electron chi connectivity index (χ3n) is 4.63. The third kappa shape index (κ3) is 1.48. The fraction of sp³-hybridized carbons (Fsp3) is 0.786. The molecular weight excluding hydrogens is 210 g/mol. The molecule has 1 aromatic heterocycles. The van der Waals surface area contributed by atoms with Crippen LogP contribution in [0.2, 0.25) is 0 Å². The number of aryl methyl sites for hydroxylation is 1. The van der Waals surface area contributed by atoms with Crippen LogP contribution in [0.1, 0.15) is 57.8 Å². The molecule has 2 saturated carbocycles. The van der Waals surface area contributed by atoms with Crippen LogP contribution < -0.4 is 5.73 Å². The highest BCUT2D eigenvalue weighted by Gasteiger charge is 2.65. The number of nitrogens with zero attached hydrogens (tertiary/aromatic N) is 2. The number of hydrogen-bond acceptors (Lipinski definition) is 2. The quantitative estimate of drug-likeness (QED) is 0.851. The maximum Gasteiger partial charge on any atom is 0.0681 e. The number of aromatic nitrogens is 2. The first-order valence-corrected chi connectivity index (χ1v) is 6.62. The minimum atomic E-state index is 0.0793. The van der Waals surface area contributed by atoms with Crippen molar-refractivity contribution in [3.05, 3.63) is 17.5 Å². The highest BCUT2D eigenvalue weighted by molar-refractivity contribution is 5.38. The lowest BCUT2D eigenvalue weighted by Gasteiger charge is -2.22. The molecule has 94 valence electrons. The molecule has 3 rings (SSSR count). The second-order valence-corrected chi connectivity index (χ2v) is 7.03. The molecule has 0 amide bonds. The van der Waals surface area contributed by atoms with Crippen LogP contribution in [0.5, 0.6) is 0 Å². The van der Waals surface area contributed by atoms with Gasteiger partial charge in [0.2, 0.25) is 0 Å². The van der Waals surface area contributed by atoms with E-state index < -0.39 is 0 Å². The minimum absolute atomic E-state index is 0.0793. The lowest BCUT2D eigenvalue weighted by Crippen LogP contribution is -2.38. The van der Waals surface area contributed by atoms with Crippen LogP contribution >= 0.6 is 0 Å². The van der Waals surface area contributed by atoms with E-state index in [1.54, 1.807) is 0 Å². The van der Waals surface area contributed by atoms with E-state index in [1.807, 2.05) is 0 Å². The third-order valence-corrected chi connectivity index (χ3v) is 4.63. The van der Waals surface area contributed by atoms with Crippen LogP contribution in [0.3, 0.4) is 0 Å². The van der Waals surface area contributed by atoms with Gasteiger partial charge in [0, 0.05) is 29.1 Å². The Morgan fingerprint density at radius 1 is 1.24 bits per heavy atom. The molecule has 0 radical (unpaired) electrons. The lowest BCUT2D eigenvalue weighted by molar-refractivity contribution is 0.466. The van der Waals surface area contributed by atoms with Crippen molar-refractivity contribution in [1.29, 1.82) is 0 Å². The Kier molecular flexibility index (Phi) is 1.95. The maximum atomic E-state index is 6.46. The Morgan fingerprint density at radius 2 is 1.82 bits per heavy atom. The predicted octanol–water partition coefficient (Wildman–Crippen LogP) is 2.24. The number of hydrogen-bond donors (Lipinski definition) is 1. The van der Waals surface area contributed by atoms with Crippen molar-refractivity contribution in [1.82, 2.24) is 9.78 Å². The molecule has 1 heterocycles. The summed E-state index contributed by atoms with van der Waals surface area (Å²) in [6, 6.07) is 2.29. The van der Waals surface area contributed by atoms with Crippen LogP contribution in [-0.4, -0.2) is 15.3 Å². The van der Waals surface area contributed by atoms with Gasteiger partial charge in [0.1, 0.15) is 0 Å². The standard InChI is InChI=1S/C14H23N3/c1-12(2,3)10-9-11(17(4)16-10)13(5-6-13)14(15)7-8-14/h9H,5-8,15H2,1-4H3. The van der Waals surface area contributed by atoms with Gasteiger partial charge in [-0.15, -0.1) is 0 Å². The predicted molar refractivity (Wildman–Crippen MR) is 69.0 cm³/mol. The second kappa shape index (κ2) is 2.94. The molecule has 0 bridgehead atoms. The summed E-state index contributed by atoms with van der Waals surface area (Å²) in [6.07, 6.45) is 4.85. The van der Waals surface area contributed by atoms with Crippen LogP contribution in [0.4, 0.5) is 0 Å². The molecular formula is C14H23N3. The molecule has 3 nitrogen and oxygen atoms in total. The maximum absolute atomic E-state index is 6.46. The Morgan fingerprint density at radius 3 is 2.18 bits per heavy atom. The van der Waals surface area contributed by atoms with Crippen LogP contribution in [-0.2, 0) is 17.9 Å². The van der Waals surface area contributed by atoms with Crippen molar-refractivity contribution in [3.8, 4) is 0 Å². The van der Waals surface area contributed by atoms with Crippen LogP contribution in [0.15, 0.2) is 6.07 Å². The SMILES string of the molecule is Cn1nc(C(C)(C)C)cc1C1(C2(N)CC2)CC1. The highest BCUT2D eigenvalue weighted by atomic mass is 15.3. The van der Waals surface area contributed by atoms with Gasteiger partial charge in [0.15, 0.2) is 0 Å². The summed E-state index contributed by atoms with van der Waals surface area (Å²) < 4.78 is 2.07. The summed E-state index contributed by atoms with van der Waals surface area (Å²) in [4.78, 5) is 0. The highest BCUT2D eigenvalue weighted by Crippen LogP contribution is 2.63. The van der Waals surface area contributed by atoms with E-state index in [9.17, 15) is 0 Å². The smallest absolute Gasteiger partial charge is 0.0681 e. The topological polar surface area (TPSA) is 43.8 Å². The van der Waals surface area contributed by atoms with Gasteiger partial charge in [-0.05, 0) is 31.7 Å². The van der Waals surface area contributed by atoms with Gasteiger partial charge in [0.25, 0.3) is 0 Å². The second-order valence-electron chi connectivity index (χ2n) is 7.03. The van der Waals surface area contributed by atoms with Gasteiger partial charge in [-0.3, -0.25) is 4.68 Å². The summed E-state index contributed by atoms with van der Waals surface area (Å²) in [5.74, 6) is 0. The summed E-state index contributed by atoms with van der Waals surface area (Å²) in [6.45, 7) is 6.65. The van der Waals surface area contributed by atoms with E-state index >= 15 is 0 Å². The fourth-order valence-electron chi connectivity index (χ4n) is 3.03. The zero-order valence-electron chi connectivity index (χ0n) is 11.4. The molecule has 2 fully saturated rings. The normalized spacial score (nSPS) is 24.8. The molecule has 0 spiro atoms. The Labute approximate surface area is 103 Å². The van der Waals surface area contributed by atoms with E-state index in [-0.39, 0.29) is 16.4 Å². The Bertz CT molecular complexity index is 456. The van der Waals surface area contributed by atoms with Crippen molar-refractivity contribution < 1.29 is 0 Å². The van der Waals surface area contributed by atoms with Crippen LogP contribution in [0, 0.1) is 0 Å². The molecule has 1 aromatic rings. The molecule has 2 aliphatic rings. The van der Waals surface area contributed by atoms with Gasteiger partial charge < -0.3 is 5.73 Å². The van der Waals surface area contributed by atoms with E-state index in [1.165, 1.54) is 37.1 Å². The summed E-state index contributed by atoms with van der Waals surface area (Å²) in [5.41, 5.74) is 9.46. The zero-order valence-corrected chi connectivity index (χ0v) is 11.4. The van der Waals surface area contributed by atoms with Crippen molar-refractivity contribution in [3.63, 3.8) is 0 Å². The van der Waals surface area contributed by atoms with Gasteiger partial charge in [-0.1, -0.05) is 20.8 Å². The zero-order chi connectivity index (χ0) is 12.5. The van der Waals surface area contributed by atoms with Gasteiger partial charge in [-0.25, -0.2) is 0 Å². The molecule has 2 aliphatic carbocycles. The summed E-state index contributed by atoms with van der Waals surface area (Å²) in [7, 11) is 2.07. The summed E-state index contributed by atoms with van der Waals surface area (Å²) in [5, 5.41) is 4.69. The largest absolute Gasteiger partial charge is 0.324 e. The first-order chi connectivity index (χ1) is 7.79. The molecule has 17 heavy (non-hydrogen) atoms. The van der Waals surface area contributed by atoms with E-state index in [4.69, 9.17) is 10.8 Å².